The van der Waals surface area contributed by atoms with Crippen LogP contribution in [-0.4, -0.2) is 25.2 Å². The molecule has 0 bridgehead atoms. The predicted molar refractivity (Wildman–Crippen MR) is 79.7 cm³/mol. The molecule has 0 radical (unpaired) electrons. The topological polar surface area (TPSA) is 101 Å². The van der Waals surface area contributed by atoms with E-state index in [1.54, 1.807) is 31.5 Å². The van der Waals surface area contributed by atoms with E-state index in [-0.39, 0.29) is 17.5 Å². The van der Waals surface area contributed by atoms with Gasteiger partial charge in [0.1, 0.15) is 0 Å². The van der Waals surface area contributed by atoms with Gasteiger partial charge in [0.05, 0.1) is 17.6 Å². The molecule has 0 saturated carbocycles. The third-order valence-corrected chi connectivity index (χ3v) is 4.37. The molecule has 1 heterocycles. The first-order chi connectivity index (χ1) is 10.0. The summed E-state index contributed by atoms with van der Waals surface area (Å²) in [6.45, 7) is 1.98. The van der Waals surface area contributed by atoms with E-state index in [0.717, 1.165) is 5.56 Å². The van der Waals surface area contributed by atoms with Crippen molar-refractivity contribution in [2.45, 2.75) is 17.9 Å². The van der Waals surface area contributed by atoms with Crippen molar-refractivity contribution < 1.29 is 8.42 Å². The average molecular weight is 304 g/mol. The van der Waals surface area contributed by atoms with Crippen molar-refractivity contribution in [3.63, 3.8) is 0 Å². The highest BCUT2D eigenvalue weighted by Crippen LogP contribution is 2.16. The van der Waals surface area contributed by atoms with Gasteiger partial charge in [-0.05, 0) is 25.1 Å². The van der Waals surface area contributed by atoms with Crippen molar-refractivity contribution in [2.75, 3.05) is 6.54 Å². The molecule has 4 N–H and O–H groups in total. The van der Waals surface area contributed by atoms with Crippen molar-refractivity contribution >= 4 is 10.0 Å². The SMILES string of the molecule is CC(NS(=O)(=O)c1cccc(C#CCN)c1)c1cn[nH]c1. The van der Waals surface area contributed by atoms with Gasteiger partial charge in [0.2, 0.25) is 10.0 Å². The Morgan fingerprint density at radius 3 is 2.95 bits per heavy atom. The normalized spacial score (nSPS) is 12.5. The van der Waals surface area contributed by atoms with Crippen LogP contribution < -0.4 is 10.5 Å². The van der Waals surface area contributed by atoms with Gasteiger partial charge in [-0.2, -0.15) is 5.10 Å². The number of H-pyrrole nitrogens is 1. The van der Waals surface area contributed by atoms with E-state index in [0.29, 0.717) is 5.56 Å². The smallest absolute Gasteiger partial charge is 0.241 e. The molecule has 2 rings (SSSR count). The van der Waals surface area contributed by atoms with Crippen LogP contribution in [0.15, 0.2) is 41.6 Å². The highest BCUT2D eigenvalue weighted by atomic mass is 32.2. The highest BCUT2D eigenvalue weighted by molar-refractivity contribution is 7.89. The van der Waals surface area contributed by atoms with Gasteiger partial charge < -0.3 is 5.73 Å². The zero-order chi connectivity index (χ0) is 15.3. The van der Waals surface area contributed by atoms with Crippen molar-refractivity contribution in [3.8, 4) is 11.8 Å². The van der Waals surface area contributed by atoms with E-state index in [1.165, 1.54) is 12.1 Å². The summed E-state index contributed by atoms with van der Waals surface area (Å²) in [7, 11) is -3.62. The second-order valence-corrected chi connectivity index (χ2v) is 6.12. The van der Waals surface area contributed by atoms with Crippen LogP contribution in [0.1, 0.15) is 24.1 Å². The quantitative estimate of drug-likeness (QED) is 0.726. The molecule has 6 nitrogen and oxygen atoms in total. The molecule has 7 heteroatoms. The fourth-order valence-corrected chi connectivity index (χ4v) is 3.04. The molecule has 110 valence electrons. The van der Waals surface area contributed by atoms with E-state index >= 15 is 0 Å². The Morgan fingerprint density at radius 2 is 2.29 bits per heavy atom. The molecule has 1 unspecified atom stereocenters. The van der Waals surface area contributed by atoms with E-state index < -0.39 is 10.0 Å². The molecule has 2 aromatic rings. The van der Waals surface area contributed by atoms with Gasteiger partial charge in [-0.3, -0.25) is 5.10 Å². The molecule has 0 fully saturated rings. The van der Waals surface area contributed by atoms with Crippen molar-refractivity contribution in [1.82, 2.24) is 14.9 Å². The summed E-state index contributed by atoms with van der Waals surface area (Å²) in [6.07, 6.45) is 3.23. The largest absolute Gasteiger partial charge is 0.320 e. The molecule has 1 aromatic heterocycles. The molecule has 1 atom stereocenters. The number of sulfonamides is 1. The maximum absolute atomic E-state index is 12.3. The second-order valence-electron chi connectivity index (χ2n) is 4.41. The Morgan fingerprint density at radius 1 is 1.48 bits per heavy atom. The van der Waals surface area contributed by atoms with E-state index in [4.69, 9.17) is 5.73 Å². The molecule has 1 aromatic carbocycles. The van der Waals surface area contributed by atoms with Crippen LogP contribution in [0.2, 0.25) is 0 Å². The second kappa shape index (κ2) is 6.54. The Balaban J connectivity index is 2.23. The van der Waals surface area contributed by atoms with Crippen LogP contribution in [0.5, 0.6) is 0 Å². The van der Waals surface area contributed by atoms with E-state index in [1.807, 2.05) is 0 Å². The summed E-state index contributed by atoms with van der Waals surface area (Å²) in [5, 5.41) is 6.46. The third kappa shape index (κ3) is 3.92. The third-order valence-electron chi connectivity index (χ3n) is 2.83. The Hall–Kier alpha value is -2.14. The predicted octanol–water partition coefficient (Wildman–Crippen LogP) is 0.759. The van der Waals surface area contributed by atoms with Crippen molar-refractivity contribution in [3.05, 3.63) is 47.8 Å². The summed E-state index contributed by atoms with van der Waals surface area (Å²) >= 11 is 0. The summed E-state index contributed by atoms with van der Waals surface area (Å²) < 4.78 is 27.3. The number of rotatable bonds is 4. The number of benzene rings is 1. The molecule has 0 spiro atoms. The monoisotopic (exact) mass is 304 g/mol. The summed E-state index contributed by atoms with van der Waals surface area (Å²) in [5.41, 5.74) is 6.68. The van der Waals surface area contributed by atoms with Crippen LogP contribution >= 0.6 is 0 Å². The number of aromatic amines is 1. The van der Waals surface area contributed by atoms with Crippen molar-refractivity contribution in [1.29, 1.82) is 0 Å². The molecule has 0 amide bonds. The first-order valence-corrected chi connectivity index (χ1v) is 7.81. The standard InChI is InChI=1S/C14H16N4O2S/c1-11(13-9-16-17-10-13)18-21(19,20)14-6-2-4-12(8-14)5-3-7-15/h2,4,6,8-11,18H,7,15H2,1H3,(H,16,17). The Kier molecular flexibility index (Phi) is 4.75. The number of nitrogens with zero attached hydrogens (tertiary/aromatic N) is 1. The fraction of sp³-hybridized carbons (Fsp3) is 0.214. The lowest BCUT2D eigenvalue weighted by Gasteiger charge is -2.12. The average Bonchev–Trinajstić information content (AvgIpc) is 2.99. The molecular weight excluding hydrogens is 288 g/mol. The zero-order valence-corrected chi connectivity index (χ0v) is 12.3. The molecular formula is C14H16N4O2S. The molecule has 0 aliphatic heterocycles. The highest BCUT2D eigenvalue weighted by Gasteiger charge is 2.19. The van der Waals surface area contributed by atoms with Crippen LogP contribution in [0.25, 0.3) is 0 Å². The number of nitrogens with two attached hydrogens (primary N) is 1. The number of aromatic nitrogens is 2. The van der Waals surface area contributed by atoms with Gasteiger partial charge in [-0.25, -0.2) is 13.1 Å². The fourth-order valence-electron chi connectivity index (χ4n) is 1.76. The van der Waals surface area contributed by atoms with Gasteiger partial charge >= 0.3 is 0 Å². The van der Waals surface area contributed by atoms with Crippen LogP contribution in [0.3, 0.4) is 0 Å². The van der Waals surface area contributed by atoms with Crippen LogP contribution in [0, 0.1) is 11.8 Å². The van der Waals surface area contributed by atoms with Crippen LogP contribution in [0.4, 0.5) is 0 Å². The maximum Gasteiger partial charge on any atom is 0.241 e. The van der Waals surface area contributed by atoms with Gasteiger partial charge in [-0.1, -0.05) is 17.9 Å². The minimum absolute atomic E-state index is 0.168. The van der Waals surface area contributed by atoms with Gasteiger partial charge in [0, 0.05) is 23.4 Å². The Labute approximate surface area is 123 Å². The van der Waals surface area contributed by atoms with E-state index in [9.17, 15) is 8.42 Å². The van der Waals surface area contributed by atoms with Gasteiger partial charge in [0.25, 0.3) is 0 Å². The molecule has 21 heavy (non-hydrogen) atoms. The zero-order valence-electron chi connectivity index (χ0n) is 11.5. The number of nitrogens with one attached hydrogen (secondary N) is 2. The number of hydrogen-bond donors (Lipinski definition) is 3. The molecule has 0 aliphatic rings. The van der Waals surface area contributed by atoms with Gasteiger partial charge in [0.15, 0.2) is 0 Å². The first-order valence-electron chi connectivity index (χ1n) is 6.33. The maximum atomic E-state index is 12.3. The molecule has 0 saturated heterocycles. The lowest BCUT2D eigenvalue weighted by Crippen LogP contribution is -2.26. The first kappa shape index (κ1) is 15.3. The lowest BCUT2D eigenvalue weighted by molar-refractivity contribution is 0.567. The van der Waals surface area contributed by atoms with Crippen LogP contribution in [-0.2, 0) is 10.0 Å². The minimum Gasteiger partial charge on any atom is -0.320 e. The lowest BCUT2D eigenvalue weighted by atomic mass is 10.2. The van der Waals surface area contributed by atoms with Crippen molar-refractivity contribution in [2.24, 2.45) is 5.73 Å². The minimum atomic E-state index is -3.62. The number of hydrogen-bond acceptors (Lipinski definition) is 4. The van der Waals surface area contributed by atoms with E-state index in [2.05, 4.69) is 26.8 Å². The Bertz CT molecular complexity index is 758. The summed E-state index contributed by atoms with van der Waals surface area (Å²) in [5.74, 6) is 5.51. The van der Waals surface area contributed by atoms with Gasteiger partial charge in [-0.15, -0.1) is 0 Å². The summed E-state index contributed by atoms with van der Waals surface area (Å²) in [4.78, 5) is 0.168. The summed E-state index contributed by atoms with van der Waals surface area (Å²) in [6, 6.07) is 6.05. The molecule has 0 aliphatic carbocycles.